The lowest BCUT2D eigenvalue weighted by atomic mass is 10.1. The molecule has 0 aliphatic carbocycles. The van der Waals surface area contributed by atoms with Gasteiger partial charge in [-0.05, 0) is 36.6 Å². The summed E-state index contributed by atoms with van der Waals surface area (Å²) in [6.07, 6.45) is 0.215. The van der Waals surface area contributed by atoms with Crippen LogP contribution in [0.1, 0.15) is 11.1 Å². The first kappa shape index (κ1) is 21.9. The van der Waals surface area contributed by atoms with Crippen LogP contribution in [-0.4, -0.2) is 47.7 Å². The van der Waals surface area contributed by atoms with Gasteiger partial charge in [-0.1, -0.05) is 36.4 Å². The molecule has 2 rings (SSSR count). The third-order valence-corrected chi connectivity index (χ3v) is 5.60. The molecule has 0 bridgehead atoms. The third-order valence-electron chi connectivity index (χ3n) is 4.11. The van der Waals surface area contributed by atoms with E-state index in [0.717, 1.165) is 11.1 Å². The summed E-state index contributed by atoms with van der Waals surface area (Å²) in [4.78, 5) is 12.6. The standard InChI is InChI=1S/C20H26N2O5S/c1-15-9-10-18(27-3)19(13-15)28(24,25)22-17(20(23)21-11-12-26-2)14-16-7-5-4-6-8-16/h4-10,13,17,22H,11-12,14H2,1-3H3,(H,21,23). The predicted octanol–water partition coefficient (Wildman–Crippen LogP) is 1.66. The zero-order chi connectivity index (χ0) is 20.6. The number of hydrogen-bond acceptors (Lipinski definition) is 5. The number of benzene rings is 2. The number of carbonyl (C=O) groups excluding carboxylic acids is 1. The summed E-state index contributed by atoms with van der Waals surface area (Å²) < 4.78 is 38.7. The highest BCUT2D eigenvalue weighted by Crippen LogP contribution is 2.25. The van der Waals surface area contributed by atoms with Crippen LogP contribution >= 0.6 is 0 Å². The first-order valence-corrected chi connectivity index (χ1v) is 10.3. The minimum atomic E-state index is -3.99. The van der Waals surface area contributed by atoms with Gasteiger partial charge in [-0.2, -0.15) is 4.72 Å². The summed E-state index contributed by atoms with van der Waals surface area (Å²) in [5.74, 6) is -0.201. The monoisotopic (exact) mass is 406 g/mol. The molecule has 0 fully saturated rings. The summed E-state index contributed by atoms with van der Waals surface area (Å²) in [7, 11) is -1.05. The molecule has 1 amide bonds. The molecule has 0 heterocycles. The van der Waals surface area contributed by atoms with Gasteiger partial charge in [-0.15, -0.1) is 0 Å². The maximum atomic E-state index is 13.0. The van der Waals surface area contributed by atoms with Crippen molar-refractivity contribution in [2.45, 2.75) is 24.3 Å². The molecule has 152 valence electrons. The Morgan fingerprint density at radius 3 is 2.46 bits per heavy atom. The van der Waals surface area contributed by atoms with E-state index in [9.17, 15) is 13.2 Å². The number of amides is 1. The zero-order valence-corrected chi connectivity index (χ0v) is 17.1. The highest BCUT2D eigenvalue weighted by Gasteiger charge is 2.28. The largest absolute Gasteiger partial charge is 0.495 e. The number of methoxy groups -OCH3 is 2. The van der Waals surface area contributed by atoms with E-state index in [-0.39, 0.29) is 23.6 Å². The lowest BCUT2D eigenvalue weighted by Crippen LogP contribution is -2.48. The molecule has 1 atom stereocenters. The van der Waals surface area contributed by atoms with Crippen LogP contribution in [0.15, 0.2) is 53.4 Å². The van der Waals surface area contributed by atoms with Crippen molar-refractivity contribution in [2.75, 3.05) is 27.4 Å². The number of hydrogen-bond donors (Lipinski definition) is 2. The van der Waals surface area contributed by atoms with E-state index < -0.39 is 22.0 Å². The van der Waals surface area contributed by atoms with Crippen LogP contribution in [0.25, 0.3) is 0 Å². The van der Waals surface area contributed by atoms with Crippen LogP contribution in [0.4, 0.5) is 0 Å². The summed E-state index contributed by atoms with van der Waals surface area (Å²) in [5.41, 5.74) is 1.61. The summed E-state index contributed by atoms with van der Waals surface area (Å²) in [6, 6.07) is 13.1. The van der Waals surface area contributed by atoms with Crippen LogP contribution in [0.2, 0.25) is 0 Å². The summed E-state index contributed by atoms with van der Waals surface area (Å²) in [5, 5.41) is 2.70. The molecule has 0 aliphatic rings. The fourth-order valence-electron chi connectivity index (χ4n) is 2.68. The Bertz CT molecular complexity index is 885. The molecular weight excluding hydrogens is 380 g/mol. The van der Waals surface area contributed by atoms with Gasteiger partial charge in [-0.25, -0.2) is 8.42 Å². The van der Waals surface area contributed by atoms with Gasteiger partial charge in [0.2, 0.25) is 15.9 Å². The van der Waals surface area contributed by atoms with Crippen molar-refractivity contribution in [3.05, 3.63) is 59.7 Å². The van der Waals surface area contributed by atoms with Gasteiger partial charge in [0.25, 0.3) is 0 Å². The van der Waals surface area contributed by atoms with Crippen molar-refractivity contribution in [1.82, 2.24) is 10.0 Å². The highest BCUT2D eigenvalue weighted by molar-refractivity contribution is 7.89. The molecule has 2 aromatic rings. The van der Waals surface area contributed by atoms with E-state index >= 15 is 0 Å². The zero-order valence-electron chi connectivity index (χ0n) is 16.3. The Labute approximate surface area is 166 Å². The maximum absolute atomic E-state index is 13.0. The Balaban J connectivity index is 2.29. The number of ether oxygens (including phenoxy) is 2. The van der Waals surface area contributed by atoms with Crippen LogP contribution < -0.4 is 14.8 Å². The summed E-state index contributed by atoms with van der Waals surface area (Å²) >= 11 is 0. The molecular formula is C20H26N2O5S. The maximum Gasteiger partial charge on any atom is 0.244 e. The van der Waals surface area contributed by atoms with Gasteiger partial charge in [0.1, 0.15) is 16.7 Å². The number of aryl methyl sites for hydroxylation is 1. The Hall–Kier alpha value is -2.42. The topological polar surface area (TPSA) is 93.7 Å². The smallest absolute Gasteiger partial charge is 0.244 e. The normalized spacial score (nSPS) is 12.4. The highest BCUT2D eigenvalue weighted by atomic mass is 32.2. The molecule has 8 heteroatoms. The second-order valence-corrected chi connectivity index (χ2v) is 7.98. The van der Waals surface area contributed by atoms with Crippen molar-refractivity contribution in [2.24, 2.45) is 0 Å². The van der Waals surface area contributed by atoms with E-state index in [2.05, 4.69) is 10.0 Å². The SMILES string of the molecule is COCCNC(=O)C(Cc1ccccc1)NS(=O)(=O)c1cc(C)ccc1OC. The van der Waals surface area contributed by atoms with Gasteiger partial charge in [0, 0.05) is 13.7 Å². The van der Waals surface area contributed by atoms with Gasteiger partial charge >= 0.3 is 0 Å². The molecule has 2 aromatic carbocycles. The minimum Gasteiger partial charge on any atom is -0.495 e. The van der Waals surface area contributed by atoms with Crippen LogP contribution in [0, 0.1) is 6.92 Å². The molecule has 0 radical (unpaired) electrons. The molecule has 7 nitrogen and oxygen atoms in total. The molecule has 2 N–H and O–H groups in total. The molecule has 0 saturated heterocycles. The average molecular weight is 407 g/mol. The van der Waals surface area contributed by atoms with Crippen molar-refractivity contribution in [1.29, 1.82) is 0 Å². The van der Waals surface area contributed by atoms with Gasteiger partial charge < -0.3 is 14.8 Å². The second kappa shape index (κ2) is 10.2. The Morgan fingerprint density at radius 1 is 1.11 bits per heavy atom. The number of carbonyl (C=O) groups is 1. The lowest BCUT2D eigenvalue weighted by Gasteiger charge is -2.20. The van der Waals surface area contributed by atoms with Gasteiger partial charge in [0.05, 0.1) is 13.7 Å². The van der Waals surface area contributed by atoms with E-state index in [4.69, 9.17) is 9.47 Å². The predicted molar refractivity (Wildman–Crippen MR) is 107 cm³/mol. The quantitative estimate of drug-likeness (QED) is 0.585. The van der Waals surface area contributed by atoms with E-state index in [1.54, 1.807) is 19.1 Å². The van der Waals surface area contributed by atoms with E-state index in [1.165, 1.54) is 20.3 Å². The fourth-order valence-corrected chi connectivity index (χ4v) is 4.13. The average Bonchev–Trinajstić information content (AvgIpc) is 2.68. The van der Waals surface area contributed by atoms with E-state index in [1.807, 2.05) is 30.3 Å². The molecule has 0 saturated carbocycles. The van der Waals surface area contributed by atoms with Crippen molar-refractivity contribution in [3.63, 3.8) is 0 Å². The first-order chi connectivity index (χ1) is 13.4. The number of sulfonamides is 1. The van der Waals surface area contributed by atoms with Gasteiger partial charge in [-0.3, -0.25) is 4.79 Å². The molecule has 0 aliphatic heterocycles. The molecule has 28 heavy (non-hydrogen) atoms. The number of nitrogens with one attached hydrogen (secondary N) is 2. The van der Waals surface area contributed by atoms with E-state index in [0.29, 0.717) is 6.61 Å². The van der Waals surface area contributed by atoms with Crippen LogP contribution in [0.3, 0.4) is 0 Å². The van der Waals surface area contributed by atoms with Crippen LogP contribution in [0.5, 0.6) is 5.75 Å². The molecule has 0 spiro atoms. The van der Waals surface area contributed by atoms with Gasteiger partial charge in [0.15, 0.2) is 0 Å². The minimum absolute atomic E-state index is 0.00208. The molecule has 1 unspecified atom stereocenters. The Kier molecular flexibility index (Phi) is 7.98. The number of rotatable bonds is 10. The van der Waals surface area contributed by atoms with Crippen LogP contribution in [-0.2, 0) is 26.0 Å². The van der Waals surface area contributed by atoms with Crippen molar-refractivity contribution < 1.29 is 22.7 Å². The summed E-state index contributed by atoms with van der Waals surface area (Å²) in [6.45, 7) is 2.41. The van der Waals surface area contributed by atoms with Crippen molar-refractivity contribution in [3.8, 4) is 5.75 Å². The fraction of sp³-hybridized carbons (Fsp3) is 0.350. The third kappa shape index (κ3) is 6.05. The first-order valence-electron chi connectivity index (χ1n) is 8.85. The lowest BCUT2D eigenvalue weighted by molar-refractivity contribution is -0.122. The second-order valence-electron chi connectivity index (χ2n) is 6.30. The Morgan fingerprint density at radius 2 is 1.82 bits per heavy atom. The molecule has 0 aromatic heterocycles. The van der Waals surface area contributed by atoms with Crippen molar-refractivity contribution >= 4 is 15.9 Å².